The van der Waals surface area contributed by atoms with Crippen LogP contribution in [0.2, 0.25) is 0 Å². The molecule has 0 aliphatic rings. The number of nitrogens with one attached hydrogen (secondary N) is 3. The van der Waals surface area contributed by atoms with Gasteiger partial charge < -0.3 is 42.7 Å². The van der Waals surface area contributed by atoms with E-state index in [-0.39, 0.29) is 17.9 Å². The molecule has 1 aromatic rings. The summed E-state index contributed by atoms with van der Waals surface area (Å²) in [5, 5.41) is 34.5. The maximum Gasteiger partial charge on any atom is 0.326 e. The molecule has 198 valence electrons. The Kier molecular flexibility index (Phi) is 12.2. The van der Waals surface area contributed by atoms with Crippen LogP contribution in [0.15, 0.2) is 24.3 Å². The first-order valence-electron chi connectivity index (χ1n) is 10.6. The SMILES string of the molecule is NC(=O)CC(NC(=O)C(CCC(=O)O)NC(=O)C(Cc1ccc(O)cc1)NC(=O)C(N)CS)C(=O)O. The van der Waals surface area contributed by atoms with Crippen LogP contribution in [0, 0.1) is 0 Å². The predicted molar refractivity (Wildman–Crippen MR) is 128 cm³/mol. The quantitative estimate of drug-likeness (QED) is 0.108. The molecule has 0 aromatic heterocycles. The summed E-state index contributed by atoms with van der Waals surface area (Å²) in [6, 6.07) is 0.139. The van der Waals surface area contributed by atoms with Crippen molar-refractivity contribution < 1.29 is 44.1 Å². The summed E-state index contributed by atoms with van der Waals surface area (Å²) < 4.78 is 0. The lowest BCUT2D eigenvalue weighted by atomic mass is 10.0. The zero-order valence-corrected chi connectivity index (χ0v) is 19.9. The number of rotatable bonds is 15. The van der Waals surface area contributed by atoms with E-state index >= 15 is 0 Å². The third-order valence-electron chi connectivity index (χ3n) is 4.84. The van der Waals surface area contributed by atoms with Gasteiger partial charge in [-0.1, -0.05) is 12.1 Å². The molecular weight excluding hydrogens is 498 g/mol. The van der Waals surface area contributed by atoms with Crippen LogP contribution in [0.3, 0.4) is 0 Å². The number of carboxylic acid groups (broad SMARTS) is 2. The third kappa shape index (κ3) is 10.6. The van der Waals surface area contributed by atoms with Gasteiger partial charge in [0.05, 0.1) is 12.5 Å². The van der Waals surface area contributed by atoms with Crippen molar-refractivity contribution in [2.45, 2.75) is 49.9 Å². The van der Waals surface area contributed by atoms with Gasteiger partial charge in [0.2, 0.25) is 23.6 Å². The second kappa shape index (κ2) is 14.5. The summed E-state index contributed by atoms with van der Waals surface area (Å²) in [5.41, 5.74) is 11.2. The van der Waals surface area contributed by atoms with E-state index in [0.29, 0.717) is 5.56 Å². The highest BCUT2D eigenvalue weighted by Crippen LogP contribution is 2.12. The molecule has 1 aromatic carbocycles. The van der Waals surface area contributed by atoms with E-state index in [2.05, 4.69) is 23.3 Å². The fraction of sp³-hybridized carbons (Fsp3) is 0.429. The van der Waals surface area contributed by atoms with Crippen LogP contribution in [0.1, 0.15) is 24.8 Å². The van der Waals surface area contributed by atoms with Gasteiger partial charge in [-0.05, 0) is 24.1 Å². The molecule has 14 nitrogen and oxygen atoms in total. The molecule has 0 saturated heterocycles. The molecule has 0 bridgehead atoms. The highest BCUT2D eigenvalue weighted by Gasteiger charge is 2.31. The number of hydrogen-bond acceptors (Lipinski definition) is 9. The number of primary amides is 1. The molecule has 4 atom stereocenters. The summed E-state index contributed by atoms with van der Waals surface area (Å²) in [7, 11) is 0. The third-order valence-corrected chi connectivity index (χ3v) is 5.24. The summed E-state index contributed by atoms with van der Waals surface area (Å²) >= 11 is 3.94. The molecule has 15 heteroatoms. The average molecular weight is 528 g/mol. The van der Waals surface area contributed by atoms with Gasteiger partial charge in [-0.15, -0.1) is 0 Å². The van der Waals surface area contributed by atoms with E-state index < -0.39 is 79.0 Å². The van der Waals surface area contributed by atoms with Gasteiger partial charge in [0.25, 0.3) is 0 Å². The van der Waals surface area contributed by atoms with Crippen LogP contribution in [-0.4, -0.2) is 80.8 Å². The van der Waals surface area contributed by atoms with Gasteiger partial charge in [-0.2, -0.15) is 12.6 Å². The number of hydrogen-bond donors (Lipinski definition) is 9. The number of amides is 4. The van der Waals surface area contributed by atoms with E-state index in [0.717, 1.165) is 0 Å². The number of carbonyl (C=O) groups is 6. The second-order valence-electron chi connectivity index (χ2n) is 7.78. The molecule has 36 heavy (non-hydrogen) atoms. The van der Waals surface area contributed by atoms with Crippen molar-refractivity contribution in [3.63, 3.8) is 0 Å². The van der Waals surface area contributed by atoms with Crippen molar-refractivity contribution in [2.75, 3.05) is 5.75 Å². The zero-order chi connectivity index (χ0) is 27.4. The molecule has 4 amide bonds. The zero-order valence-electron chi connectivity index (χ0n) is 19.0. The lowest BCUT2D eigenvalue weighted by Crippen LogP contribution is -2.58. The molecule has 0 radical (unpaired) electrons. The lowest BCUT2D eigenvalue weighted by Gasteiger charge is -2.25. The molecule has 10 N–H and O–H groups in total. The Morgan fingerprint density at radius 2 is 1.39 bits per heavy atom. The minimum absolute atomic E-state index is 0.0283. The van der Waals surface area contributed by atoms with Gasteiger partial charge >= 0.3 is 11.9 Å². The number of aromatic hydroxyl groups is 1. The first-order valence-corrected chi connectivity index (χ1v) is 11.3. The minimum atomic E-state index is -1.71. The van der Waals surface area contributed by atoms with E-state index in [1.54, 1.807) is 0 Å². The van der Waals surface area contributed by atoms with Gasteiger partial charge in [-0.25, -0.2) is 4.79 Å². The molecule has 4 unspecified atom stereocenters. The largest absolute Gasteiger partial charge is 0.508 e. The number of phenols is 1. The highest BCUT2D eigenvalue weighted by atomic mass is 32.1. The average Bonchev–Trinajstić information content (AvgIpc) is 2.80. The van der Waals surface area contributed by atoms with Crippen LogP contribution >= 0.6 is 12.6 Å². The number of carbonyl (C=O) groups excluding carboxylic acids is 4. The predicted octanol–water partition coefficient (Wildman–Crippen LogP) is -2.53. The molecule has 0 saturated carbocycles. The molecule has 0 heterocycles. The highest BCUT2D eigenvalue weighted by molar-refractivity contribution is 7.80. The standard InChI is InChI=1S/C21H29N5O9S/c22-12(9-36)18(31)25-14(7-10-1-3-11(27)4-2-10)20(33)24-13(5-6-17(29)30)19(32)26-15(21(34)35)8-16(23)28/h1-4,12-15,27,36H,5-9,22H2,(H2,23,28)(H,24,33)(H,25,31)(H,26,32)(H,29,30)(H,34,35). The Labute approximate surface area is 211 Å². The van der Waals surface area contributed by atoms with Crippen molar-refractivity contribution in [1.29, 1.82) is 0 Å². The van der Waals surface area contributed by atoms with Crippen LogP contribution in [0.4, 0.5) is 0 Å². The van der Waals surface area contributed by atoms with Crippen molar-refractivity contribution >= 4 is 48.2 Å². The molecule has 0 spiro atoms. The number of nitrogens with two attached hydrogens (primary N) is 2. The van der Waals surface area contributed by atoms with Crippen molar-refractivity contribution in [1.82, 2.24) is 16.0 Å². The number of phenolic OH excluding ortho intramolecular Hbond substituents is 1. The molecular formula is C21H29N5O9S. The Bertz CT molecular complexity index is 973. The Balaban J connectivity index is 3.15. The number of carboxylic acids is 2. The van der Waals surface area contributed by atoms with Gasteiger partial charge in [-0.3, -0.25) is 24.0 Å². The van der Waals surface area contributed by atoms with Crippen LogP contribution in [-0.2, 0) is 35.2 Å². The minimum Gasteiger partial charge on any atom is -0.508 e. The van der Waals surface area contributed by atoms with Gasteiger partial charge in [0, 0.05) is 18.6 Å². The van der Waals surface area contributed by atoms with Gasteiger partial charge in [0.1, 0.15) is 23.9 Å². The Morgan fingerprint density at radius 1 is 0.861 bits per heavy atom. The smallest absolute Gasteiger partial charge is 0.326 e. The normalized spacial score (nSPS) is 13.9. The summed E-state index contributed by atoms with van der Waals surface area (Å²) in [5.74, 6) is -6.61. The van der Waals surface area contributed by atoms with Crippen molar-refractivity contribution in [3.05, 3.63) is 29.8 Å². The maximum atomic E-state index is 13.1. The fourth-order valence-electron chi connectivity index (χ4n) is 2.92. The summed E-state index contributed by atoms with van der Waals surface area (Å²) in [4.78, 5) is 71.6. The lowest BCUT2D eigenvalue weighted by molar-refractivity contribution is -0.144. The fourth-order valence-corrected chi connectivity index (χ4v) is 3.09. The van der Waals surface area contributed by atoms with Crippen LogP contribution in [0.25, 0.3) is 0 Å². The Morgan fingerprint density at radius 3 is 1.89 bits per heavy atom. The monoisotopic (exact) mass is 527 g/mol. The summed E-state index contributed by atoms with van der Waals surface area (Å²) in [6.07, 6.45) is -1.82. The first kappa shape index (κ1) is 30.2. The first-order chi connectivity index (χ1) is 16.8. The van der Waals surface area contributed by atoms with Crippen LogP contribution in [0.5, 0.6) is 5.75 Å². The van der Waals surface area contributed by atoms with E-state index in [9.17, 15) is 39.0 Å². The molecule has 0 aliphatic heterocycles. The second-order valence-corrected chi connectivity index (χ2v) is 8.15. The van der Waals surface area contributed by atoms with Crippen molar-refractivity contribution in [2.24, 2.45) is 11.5 Å². The topological polar surface area (TPSA) is 251 Å². The maximum absolute atomic E-state index is 13.1. The molecule has 0 fully saturated rings. The van der Waals surface area contributed by atoms with E-state index in [1.165, 1.54) is 24.3 Å². The number of aliphatic carboxylic acids is 2. The van der Waals surface area contributed by atoms with Crippen molar-refractivity contribution in [3.8, 4) is 5.75 Å². The van der Waals surface area contributed by atoms with Crippen LogP contribution < -0.4 is 27.4 Å². The Hall–Kier alpha value is -3.85. The molecule has 0 aliphatic carbocycles. The van der Waals surface area contributed by atoms with E-state index in [4.69, 9.17) is 16.6 Å². The summed E-state index contributed by atoms with van der Waals surface area (Å²) in [6.45, 7) is 0. The van der Waals surface area contributed by atoms with E-state index in [1.807, 2.05) is 5.32 Å². The number of thiol groups is 1. The molecule has 1 rings (SSSR count). The van der Waals surface area contributed by atoms with Gasteiger partial charge in [0.15, 0.2) is 0 Å². The number of benzene rings is 1.